The highest BCUT2D eigenvalue weighted by molar-refractivity contribution is 7.99. The number of nitrogens with one attached hydrogen (secondary N) is 1. The van der Waals surface area contributed by atoms with Crippen molar-refractivity contribution in [2.24, 2.45) is 7.05 Å². The molecule has 0 bridgehead atoms. The van der Waals surface area contributed by atoms with Gasteiger partial charge in [0, 0.05) is 12.7 Å². The fraction of sp³-hybridized carbons (Fsp3) is 0.111. The van der Waals surface area contributed by atoms with E-state index in [1.807, 2.05) is 78.5 Å². The molecule has 3 rings (SSSR count). The number of rotatable bonds is 5. The van der Waals surface area contributed by atoms with Crippen LogP contribution < -0.4 is 5.32 Å². The van der Waals surface area contributed by atoms with Crippen LogP contribution in [0.3, 0.4) is 0 Å². The van der Waals surface area contributed by atoms with Gasteiger partial charge in [-0.05, 0) is 17.7 Å². The molecule has 0 aliphatic rings. The van der Waals surface area contributed by atoms with E-state index in [9.17, 15) is 4.79 Å². The molecule has 1 amide bonds. The topological polar surface area (TPSA) is 46.9 Å². The van der Waals surface area contributed by atoms with Crippen LogP contribution in [0.25, 0.3) is 11.3 Å². The molecule has 3 aromatic rings. The highest BCUT2D eigenvalue weighted by Gasteiger charge is 2.11. The van der Waals surface area contributed by atoms with E-state index in [1.165, 1.54) is 11.8 Å². The van der Waals surface area contributed by atoms with Gasteiger partial charge in [-0.15, -0.1) is 0 Å². The minimum Gasteiger partial charge on any atom is -0.325 e. The summed E-state index contributed by atoms with van der Waals surface area (Å²) in [6.07, 6.45) is 1.84. The van der Waals surface area contributed by atoms with Gasteiger partial charge in [0.15, 0.2) is 5.16 Å². The number of nitrogens with zero attached hydrogens (tertiary/aromatic N) is 2. The van der Waals surface area contributed by atoms with Gasteiger partial charge in [-0.3, -0.25) is 4.79 Å². The van der Waals surface area contributed by atoms with Crippen LogP contribution in [-0.4, -0.2) is 21.2 Å². The van der Waals surface area contributed by atoms with Crippen molar-refractivity contribution >= 4 is 23.4 Å². The zero-order chi connectivity index (χ0) is 16.1. The molecule has 23 heavy (non-hydrogen) atoms. The number of thioether (sulfide) groups is 1. The number of anilines is 1. The highest BCUT2D eigenvalue weighted by Crippen LogP contribution is 2.24. The largest absolute Gasteiger partial charge is 0.325 e. The average molecular weight is 323 g/mol. The quantitative estimate of drug-likeness (QED) is 0.726. The Labute approximate surface area is 139 Å². The summed E-state index contributed by atoms with van der Waals surface area (Å²) in [7, 11) is 1.97. The van der Waals surface area contributed by atoms with E-state index in [4.69, 9.17) is 0 Å². The molecule has 0 radical (unpaired) electrons. The summed E-state index contributed by atoms with van der Waals surface area (Å²) in [5.41, 5.74) is 2.96. The third-order valence-corrected chi connectivity index (χ3v) is 4.45. The fourth-order valence-corrected chi connectivity index (χ4v) is 3.00. The maximum atomic E-state index is 12.0. The molecule has 0 atom stereocenters. The van der Waals surface area contributed by atoms with Gasteiger partial charge in [0.2, 0.25) is 5.91 Å². The lowest BCUT2D eigenvalue weighted by Crippen LogP contribution is -2.14. The predicted molar refractivity (Wildman–Crippen MR) is 94.4 cm³/mol. The van der Waals surface area contributed by atoms with Crippen LogP contribution >= 0.6 is 11.8 Å². The van der Waals surface area contributed by atoms with E-state index in [0.717, 1.165) is 22.1 Å². The maximum absolute atomic E-state index is 12.0. The molecule has 1 N–H and O–H groups in total. The Balaban J connectivity index is 1.63. The normalized spacial score (nSPS) is 10.5. The van der Waals surface area contributed by atoms with Crippen molar-refractivity contribution < 1.29 is 4.79 Å². The number of benzene rings is 2. The summed E-state index contributed by atoms with van der Waals surface area (Å²) in [5, 5.41) is 3.70. The molecule has 116 valence electrons. The van der Waals surface area contributed by atoms with Crippen molar-refractivity contribution in [3.8, 4) is 11.3 Å². The second-order valence-electron chi connectivity index (χ2n) is 5.05. The van der Waals surface area contributed by atoms with E-state index < -0.39 is 0 Å². The first-order valence-corrected chi connectivity index (χ1v) is 8.27. The molecule has 5 heteroatoms. The fourth-order valence-electron chi connectivity index (χ4n) is 2.25. The summed E-state index contributed by atoms with van der Waals surface area (Å²) in [4.78, 5) is 16.4. The Hall–Kier alpha value is -2.53. The monoisotopic (exact) mass is 323 g/mol. The Morgan fingerprint density at radius 1 is 1.09 bits per heavy atom. The second kappa shape index (κ2) is 7.15. The molecule has 0 spiro atoms. The molecular weight excluding hydrogens is 306 g/mol. The van der Waals surface area contributed by atoms with Gasteiger partial charge in [0.05, 0.1) is 17.6 Å². The van der Waals surface area contributed by atoms with E-state index in [0.29, 0.717) is 5.75 Å². The number of hydrogen-bond acceptors (Lipinski definition) is 3. The van der Waals surface area contributed by atoms with Crippen LogP contribution in [0.4, 0.5) is 5.69 Å². The summed E-state index contributed by atoms with van der Waals surface area (Å²) in [5.74, 6) is 0.291. The number of imidazole rings is 1. The lowest BCUT2D eigenvalue weighted by Gasteiger charge is -2.06. The third-order valence-electron chi connectivity index (χ3n) is 3.41. The van der Waals surface area contributed by atoms with Crippen molar-refractivity contribution in [2.75, 3.05) is 11.1 Å². The molecular formula is C18H17N3OS. The van der Waals surface area contributed by atoms with Crippen molar-refractivity contribution in [1.29, 1.82) is 0 Å². The third kappa shape index (κ3) is 3.81. The van der Waals surface area contributed by atoms with Crippen LogP contribution in [0, 0.1) is 0 Å². The molecule has 2 aromatic carbocycles. The second-order valence-corrected chi connectivity index (χ2v) is 6.00. The molecule has 4 nitrogen and oxygen atoms in total. The van der Waals surface area contributed by atoms with Crippen LogP contribution in [0.15, 0.2) is 72.0 Å². The van der Waals surface area contributed by atoms with Gasteiger partial charge in [0.25, 0.3) is 0 Å². The Bertz CT molecular complexity index is 785. The lowest BCUT2D eigenvalue weighted by molar-refractivity contribution is -0.113. The molecule has 0 aliphatic carbocycles. The first kappa shape index (κ1) is 15.4. The minimum absolute atomic E-state index is 0.0366. The van der Waals surface area contributed by atoms with E-state index >= 15 is 0 Å². The van der Waals surface area contributed by atoms with Gasteiger partial charge in [-0.2, -0.15) is 0 Å². The zero-order valence-electron chi connectivity index (χ0n) is 12.8. The number of para-hydroxylation sites is 1. The number of aromatic nitrogens is 2. The summed E-state index contributed by atoms with van der Waals surface area (Å²) < 4.78 is 2.01. The standard InChI is InChI=1S/C18H17N3OS/c1-21-16(14-8-4-2-5-9-14)12-19-18(21)23-13-17(22)20-15-10-6-3-7-11-15/h2-12H,13H2,1H3,(H,20,22). The number of carbonyl (C=O) groups is 1. The zero-order valence-corrected chi connectivity index (χ0v) is 13.6. The lowest BCUT2D eigenvalue weighted by atomic mass is 10.2. The SMILES string of the molecule is Cn1c(-c2ccccc2)cnc1SCC(=O)Nc1ccccc1. The van der Waals surface area contributed by atoms with Crippen LogP contribution in [0.1, 0.15) is 0 Å². The average Bonchev–Trinajstić information content (AvgIpc) is 2.95. The smallest absolute Gasteiger partial charge is 0.234 e. The van der Waals surface area contributed by atoms with Crippen LogP contribution in [0.2, 0.25) is 0 Å². The van der Waals surface area contributed by atoms with Crippen molar-refractivity contribution in [3.63, 3.8) is 0 Å². The first-order chi connectivity index (χ1) is 11.2. The predicted octanol–water partition coefficient (Wildman–Crippen LogP) is 3.82. The summed E-state index contributed by atoms with van der Waals surface area (Å²) in [6.45, 7) is 0. The van der Waals surface area contributed by atoms with Gasteiger partial charge in [0.1, 0.15) is 0 Å². The summed E-state index contributed by atoms with van der Waals surface area (Å²) in [6, 6.07) is 19.5. The Morgan fingerprint density at radius 2 is 1.74 bits per heavy atom. The molecule has 0 fully saturated rings. The molecule has 0 unspecified atom stereocenters. The number of carbonyl (C=O) groups excluding carboxylic acids is 1. The van der Waals surface area contributed by atoms with Crippen LogP contribution in [-0.2, 0) is 11.8 Å². The van der Waals surface area contributed by atoms with E-state index in [-0.39, 0.29) is 5.91 Å². The minimum atomic E-state index is -0.0366. The van der Waals surface area contributed by atoms with Gasteiger partial charge in [-0.25, -0.2) is 4.98 Å². The number of amides is 1. The molecule has 0 saturated carbocycles. The van der Waals surface area contributed by atoms with Gasteiger partial charge >= 0.3 is 0 Å². The molecule has 0 aliphatic heterocycles. The van der Waals surface area contributed by atoms with Gasteiger partial charge < -0.3 is 9.88 Å². The highest BCUT2D eigenvalue weighted by atomic mass is 32.2. The van der Waals surface area contributed by atoms with Gasteiger partial charge in [-0.1, -0.05) is 60.3 Å². The summed E-state index contributed by atoms with van der Waals surface area (Å²) >= 11 is 1.43. The van der Waals surface area contributed by atoms with Crippen LogP contribution in [0.5, 0.6) is 0 Å². The molecule has 0 saturated heterocycles. The molecule has 1 aromatic heterocycles. The van der Waals surface area contributed by atoms with Crippen molar-refractivity contribution in [3.05, 3.63) is 66.9 Å². The molecule has 1 heterocycles. The Kier molecular flexibility index (Phi) is 4.78. The van der Waals surface area contributed by atoms with Crippen molar-refractivity contribution in [2.45, 2.75) is 5.16 Å². The first-order valence-electron chi connectivity index (χ1n) is 7.29. The number of hydrogen-bond donors (Lipinski definition) is 1. The van der Waals surface area contributed by atoms with E-state index in [1.54, 1.807) is 0 Å². The maximum Gasteiger partial charge on any atom is 0.234 e. The van der Waals surface area contributed by atoms with E-state index in [2.05, 4.69) is 10.3 Å². The van der Waals surface area contributed by atoms with Crippen molar-refractivity contribution in [1.82, 2.24) is 9.55 Å². The Morgan fingerprint density at radius 3 is 2.43 bits per heavy atom.